The molecule has 2 aliphatic rings. The minimum Gasteiger partial charge on any atom is -0.0694 e. The van der Waals surface area contributed by atoms with Crippen LogP contribution in [0.1, 0.15) is 18.9 Å². The molecule has 1 aromatic carbocycles. The fourth-order valence-electron chi connectivity index (χ4n) is 2.58. The average molecular weight is 220 g/mol. The van der Waals surface area contributed by atoms with Gasteiger partial charge in [-0.05, 0) is 23.1 Å². The van der Waals surface area contributed by atoms with Gasteiger partial charge in [0, 0.05) is 5.92 Å². The van der Waals surface area contributed by atoms with Crippen molar-refractivity contribution in [2.75, 3.05) is 0 Å². The molecule has 0 heteroatoms. The van der Waals surface area contributed by atoms with Crippen molar-refractivity contribution < 1.29 is 0 Å². The quantitative estimate of drug-likeness (QED) is 0.686. The lowest BCUT2D eigenvalue weighted by atomic mass is 9.85. The lowest BCUT2D eigenvalue weighted by Crippen LogP contribution is -2.03. The van der Waals surface area contributed by atoms with Crippen LogP contribution in [0.4, 0.5) is 0 Å². The molecule has 84 valence electrons. The summed E-state index contributed by atoms with van der Waals surface area (Å²) in [6, 6.07) is 10.7. The SMILES string of the molecule is CCC1=CC2C(=C1)C=CC=C2c1ccccc1. The summed E-state index contributed by atoms with van der Waals surface area (Å²) in [6.45, 7) is 2.22. The van der Waals surface area contributed by atoms with Crippen molar-refractivity contribution in [2.24, 2.45) is 5.92 Å². The molecule has 0 radical (unpaired) electrons. The number of hydrogen-bond donors (Lipinski definition) is 0. The maximum atomic E-state index is 2.40. The van der Waals surface area contributed by atoms with E-state index in [2.05, 4.69) is 67.6 Å². The van der Waals surface area contributed by atoms with Crippen molar-refractivity contribution in [3.8, 4) is 0 Å². The molecule has 0 aliphatic heterocycles. The Bertz CT molecular complexity index is 539. The van der Waals surface area contributed by atoms with E-state index in [0.717, 1.165) is 6.42 Å². The monoisotopic (exact) mass is 220 g/mol. The Kier molecular flexibility index (Phi) is 2.56. The molecule has 3 rings (SSSR count). The fraction of sp³-hybridized carbons (Fsp3) is 0.176. The minimum absolute atomic E-state index is 0.470. The predicted octanol–water partition coefficient (Wildman–Crippen LogP) is 4.53. The number of hydrogen-bond acceptors (Lipinski definition) is 0. The van der Waals surface area contributed by atoms with Gasteiger partial charge in [0.2, 0.25) is 0 Å². The average Bonchev–Trinajstić information content (AvgIpc) is 2.82. The van der Waals surface area contributed by atoms with Gasteiger partial charge < -0.3 is 0 Å². The molecule has 0 saturated heterocycles. The molecular weight excluding hydrogens is 204 g/mol. The molecule has 17 heavy (non-hydrogen) atoms. The zero-order valence-electron chi connectivity index (χ0n) is 10.1. The maximum absolute atomic E-state index is 2.40. The van der Waals surface area contributed by atoms with Gasteiger partial charge >= 0.3 is 0 Å². The Balaban J connectivity index is 2.03. The number of benzene rings is 1. The summed E-state index contributed by atoms with van der Waals surface area (Å²) in [5.41, 5.74) is 5.64. The van der Waals surface area contributed by atoms with E-state index in [1.807, 2.05) is 0 Å². The topological polar surface area (TPSA) is 0 Å². The van der Waals surface area contributed by atoms with Gasteiger partial charge in [0.15, 0.2) is 0 Å². The summed E-state index contributed by atoms with van der Waals surface area (Å²) >= 11 is 0. The third-order valence-corrected chi connectivity index (χ3v) is 3.51. The van der Waals surface area contributed by atoms with E-state index in [1.54, 1.807) is 0 Å². The van der Waals surface area contributed by atoms with E-state index in [9.17, 15) is 0 Å². The van der Waals surface area contributed by atoms with Crippen molar-refractivity contribution in [3.05, 3.63) is 77.4 Å². The maximum Gasteiger partial charge on any atom is 0.0281 e. The van der Waals surface area contributed by atoms with Crippen molar-refractivity contribution in [2.45, 2.75) is 13.3 Å². The third-order valence-electron chi connectivity index (χ3n) is 3.51. The molecule has 1 atom stereocenters. The molecule has 0 nitrogen and oxygen atoms in total. The lowest BCUT2D eigenvalue weighted by molar-refractivity contribution is 1.03. The molecule has 2 aliphatic carbocycles. The van der Waals surface area contributed by atoms with E-state index in [0.29, 0.717) is 5.92 Å². The predicted molar refractivity (Wildman–Crippen MR) is 73.5 cm³/mol. The van der Waals surface area contributed by atoms with Crippen LogP contribution in [0.25, 0.3) is 5.57 Å². The van der Waals surface area contributed by atoms with Crippen LogP contribution in [-0.2, 0) is 0 Å². The van der Waals surface area contributed by atoms with E-state index < -0.39 is 0 Å². The highest BCUT2D eigenvalue weighted by Crippen LogP contribution is 2.39. The fourth-order valence-corrected chi connectivity index (χ4v) is 2.58. The molecule has 1 aromatic rings. The van der Waals surface area contributed by atoms with Gasteiger partial charge in [-0.15, -0.1) is 0 Å². The van der Waals surface area contributed by atoms with Crippen LogP contribution in [0.15, 0.2) is 71.9 Å². The first-order valence-electron chi connectivity index (χ1n) is 6.24. The second-order valence-electron chi connectivity index (χ2n) is 4.56. The standard InChI is InChI=1S/C17H16/c1-2-13-11-15-9-6-10-16(17(15)12-13)14-7-4-3-5-8-14/h3-12,17H,2H2,1H3. The van der Waals surface area contributed by atoms with E-state index >= 15 is 0 Å². The molecule has 0 N–H and O–H groups in total. The van der Waals surface area contributed by atoms with Crippen LogP contribution in [-0.4, -0.2) is 0 Å². The van der Waals surface area contributed by atoms with Crippen molar-refractivity contribution in [1.29, 1.82) is 0 Å². The van der Waals surface area contributed by atoms with Crippen molar-refractivity contribution in [1.82, 2.24) is 0 Å². The van der Waals surface area contributed by atoms with Crippen LogP contribution in [0, 0.1) is 5.92 Å². The normalized spacial score (nSPS) is 21.7. The number of rotatable bonds is 2. The summed E-state index contributed by atoms with van der Waals surface area (Å²) in [5.74, 6) is 0.470. The first kappa shape index (κ1) is 10.3. The van der Waals surface area contributed by atoms with Crippen LogP contribution in [0.3, 0.4) is 0 Å². The minimum atomic E-state index is 0.470. The van der Waals surface area contributed by atoms with Gasteiger partial charge in [-0.1, -0.05) is 73.2 Å². The van der Waals surface area contributed by atoms with Gasteiger partial charge in [0.05, 0.1) is 0 Å². The third kappa shape index (κ3) is 1.80. The molecule has 0 aromatic heterocycles. The summed E-state index contributed by atoms with van der Waals surface area (Å²) in [7, 11) is 0. The summed E-state index contributed by atoms with van der Waals surface area (Å²) < 4.78 is 0. The molecule has 1 unspecified atom stereocenters. The number of allylic oxidation sites excluding steroid dienone is 8. The van der Waals surface area contributed by atoms with Crippen LogP contribution in [0.2, 0.25) is 0 Å². The Morgan fingerprint density at radius 3 is 2.71 bits per heavy atom. The second kappa shape index (κ2) is 4.21. The van der Waals surface area contributed by atoms with Crippen molar-refractivity contribution >= 4 is 5.57 Å². The van der Waals surface area contributed by atoms with Crippen molar-refractivity contribution in [3.63, 3.8) is 0 Å². The van der Waals surface area contributed by atoms with E-state index in [-0.39, 0.29) is 0 Å². The zero-order valence-corrected chi connectivity index (χ0v) is 10.1. The Morgan fingerprint density at radius 2 is 1.94 bits per heavy atom. The van der Waals surface area contributed by atoms with Gasteiger partial charge in [-0.3, -0.25) is 0 Å². The van der Waals surface area contributed by atoms with Gasteiger partial charge in [0.1, 0.15) is 0 Å². The van der Waals surface area contributed by atoms with E-state index in [4.69, 9.17) is 0 Å². The first-order valence-corrected chi connectivity index (χ1v) is 6.24. The molecule has 0 heterocycles. The second-order valence-corrected chi connectivity index (χ2v) is 4.56. The highest BCUT2D eigenvalue weighted by molar-refractivity contribution is 5.77. The van der Waals surface area contributed by atoms with Crippen LogP contribution >= 0.6 is 0 Å². The zero-order chi connectivity index (χ0) is 11.7. The molecule has 0 fully saturated rings. The molecule has 0 amide bonds. The van der Waals surface area contributed by atoms with Crippen LogP contribution in [0.5, 0.6) is 0 Å². The highest BCUT2D eigenvalue weighted by Gasteiger charge is 2.23. The Morgan fingerprint density at radius 1 is 1.12 bits per heavy atom. The molecule has 0 spiro atoms. The van der Waals surface area contributed by atoms with Gasteiger partial charge in [-0.2, -0.15) is 0 Å². The summed E-state index contributed by atoms with van der Waals surface area (Å²) in [4.78, 5) is 0. The Labute approximate surface area is 103 Å². The van der Waals surface area contributed by atoms with Gasteiger partial charge in [-0.25, -0.2) is 0 Å². The molecule has 0 bridgehead atoms. The van der Waals surface area contributed by atoms with Gasteiger partial charge in [0.25, 0.3) is 0 Å². The largest absolute Gasteiger partial charge is 0.0694 e. The Hall–Kier alpha value is -1.82. The number of fused-ring (bicyclic) bond motifs is 1. The smallest absolute Gasteiger partial charge is 0.0281 e. The highest BCUT2D eigenvalue weighted by atomic mass is 14.3. The summed E-state index contributed by atoms with van der Waals surface area (Å²) in [6.07, 6.45) is 12.5. The summed E-state index contributed by atoms with van der Waals surface area (Å²) in [5, 5.41) is 0. The lowest BCUT2D eigenvalue weighted by Gasteiger charge is -2.19. The first-order chi connectivity index (χ1) is 8.38. The van der Waals surface area contributed by atoms with Crippen LogP contribution < -0.4 is 0 Å². The molecule has 0 saturated carbocycles. The molecular formula is C17H16. The van der Waals surface area contributed by atoms with E-state index in [1.165, 1.54) is 22.3 Å².